The van der Waals surface area contributed by atoms with Crippen LogP contribution < -0.4 is 11.1 Å². The molecule has 0 radical (unpaired) electrons. The molecule has 0 spiro atoms. The Bertz CT molecular complexity index is 325. The highest BCUT2D eigenvalue weighted by molar-refractivity contribution is 5.79. The molecule has 0 aromatic rings. The van der Waals surface area contributed by atoms with Gasteiger partial charge in [-0.1, -0.05) is 33.1 Å². The summed E-state index contributed by atoms with van der Waals surface area (Å²) in [7, 11) is 0. The average molecular weight is 280 g/mol. The van der Waals surface area contributed by atoms with Gasteiger partial charge in [-0.15, -0.1) is 0 Å². The molecule has 116 valence electrons. The zero-order chi connectivity index (χ0) is 14.7. The number of carbonyl (C=O) groups is 1. The maximum absolute atomic E-state index is 12.5. The zero-order valence-electron chi connectivity index (χ0n) is 13.4. The number of nitrogens with two attached hydrogens (primary N) is 1. The van der Waals surface area contributed by atoms with Crippen LogP contribution in [0, 0.1) is 23.7 Å². The maximum atomic E-state index is 12.5. The number of nitrogens with one attached hydrogen (secondary N) is 1. The van der Waals surface area contributed by atoms with E-state index < -0.39 is 0 Å². The molecule has 5 unspecified atom stereocenters. The van der Waals surface area contributed by atoms with Crippen molar-refractivity contribution in [1.29, 1.82) is 0 Å². The molecule has 2 rings (SSSR count). The summed E-state index contributed by atoms with van der Waals surface area (Å²) >= 11 is 0. The van der Waals surface area contributed by atoms with Gasteiger partial charge in [0.2, 0.25) is 5.91 Å². The van der Waals surface area contributed by atoms with Crippen molar-refractivity contribution in [2.24, 2.45) is 29.4 Å². The number of hydrogen-bond acceptors (Lipinski definition) is 2. The Hall–Kier alpha value is -0.570. The Morgan fingerprint density at radius 2 is 1.75 bits per heavy atom. The Labute approximate surface area is 124 Å². The smallest absolute Gasteiger partial charge is 0.223 e. The molecular formula is C17H32N2O. The molecule has 0 saturated heterocycles. The normalized spacial score (nSPS) is 37.4. The lowest BCUT2D eigenvalue weighted by atomic mass is 9.72. The van der Waals surface area contributed by atoms with Crippen molar-refractivity contribution in [3.05, 3.63) is 0 Å². The molecule has 0 bridgehead atoms. The molecule has 5 atom stereocenters. The summed E-state index contributed by atoms with van der Waals surface area (Å²) < 4.78 is 0. The Kier molecular flexibility index (Phi) is 5.48. The summed E-state index contributed by atoms with van der Waals surface area (Å²) in [6.45, 7) is 6.60. The monoisotopic (exact) mass is 280 g/mol. The predicted molar refractivity (Wildman–Crippen MR) is 83.2 cm³/mol. The molecule has 20 heavy (non-hydrogen) atoms. The molecule has 0 aliphatic heterocycles. The third-order valence-corrected chi connectivity index (χ3v) is 5.75. The summed E-state index contributed by atoms with van der Waals surface area (Å²) in [5.74, 6) is 2.05. The summed E-state index contributed by atoms with van der Waals surface area (Å²) in [4.78, 5) is 12.5. The van der Waals surface area contributed by atoms with E-state index in [-0.39, 0.29) is 17.9 Å². The minimum absolute atomic E-state index is 0.118. The first-order valence-corrected chi connectivity index (χ1v) is 8.55. The molecule has 2 aliphatic carbocycles. The minimum Gasteiger partial charge on any atom is -0.353 e. The van der Waals surface area contributed by atoms with Gasteiger partial charge in [0.15, 0.2) is 0 Å². The van der Waals surface area contributed by atoms with Crippen LogP contribution in [0.25, 0.3) is 0 Å². The summed E-state index contributed by atoms with van der Waals surface area (Å²) in [6.07, 6.45) is 8.50. The Balaban J connectivity index is 1.87. The van der Waals surface area contributed by atoms with Crippen molar-refractivity contribution in [3.8, 4) is 0 Å². The van der Waals surface area contributed by atoms with E-state index in [1.165, 1.54) is 32.1 Å². The standard InChI is InChI=1S/C17H32N2O/c1-11-9-12(2)16(18)10-15(11)17(20)19-13(3)14-7-5-4-6-8-14/h11-16H,4-10,18H2,1-3H3,(H,19,20). The highest BCUT2D eigenvalue weighted by atomic mass is 16.2. The van der Waals surface area contributed by atoms with Crippen LogP contribution in [0.3, 0.4) is 0 Å². The van der Waals surface area contributed by atoms with Gasteiger partial charge in [0.25, 0.3) is 0 Å². The predicted octanol–water partition coefficient (Wildman–Crippen LogP) is 3.08. The number of rotatable bonds is 3. The quantitative estimate of drug-likeness (QED) is 0.834. The topological polar surface area (TPSA) is 55.1 Å². The fourth-order valence-corrected chi connectivity index (χ4v) is 4.13. The molecule has 2 saturated carbocycles. The van der Waals surface area contributed by atoms with Gasteiger partial charge >= 0.3 is 0 Å². The van der Waals surface area contributed by atoms with Crippen molar-refractivity contribution in [2.45, 2.75) is 77.8 Å². The second-order valence-corrected chi connectivity index (χ2v) is 7.39. The van der Waals surface area contributed by atoms with Crippen LogP contribution in [-0.2, 0) is 4.79 Å². The van der Waals surface area contributed by atoms with E-state index in [2.05, 4.69) is 26.1 Å². The average Bonchev–Trinajstić information content (AvgIpc) is 2.43. The second kappa shape index (κ2) is 6.93. The minimum atomic E-state index is 0.118. The van der Waals surface area contributed by atoms with Gasteiger partial charge in [-0.25, -0.2) is 0 Å². The van der Waals surface area contributed by atoms with E-state index in [0.29, 0.717) is 23.8 Å². The molecular weight excluding hydrogens is 248 g/mol. The lowest BCUT2D eigenvalue weighted by Crippen LogP contribution is -2.48. The number of hydrogen-bond donors (Lipinski definition) is 2. The van der Waals surface area contributed by atoms with Gasteiger partial charge in [0.05, 0.1) is 0 Å². The van der Waals surface area contributed by atoms with Gasteiger partial charge in [0.1, 0.15) is 0 Å². The van der Waals surface area contributed by atoms with Gasteiger partial charge in [0, 0.05) is 18.0 Å². The van der Waals surface area contributed by atoms with E-state index >= 15 is 0 Å². The van der Waals surface area contributed by atoms with Crippen LogP contribution in [0.1, 0.15) is 65.7 Å². The highest BCUT2D eigenvalue weighted by Crippen LogP contribution is 2.33. The van der Waals surface area contributed by atoms with Gasteiger partial charge in [-0.2, -0.15) is 0 Å². The highest BCUT2D eigenvalue weighted by Gasteiger charge is 2.35. The maximum Gasteiger partial charge on any atom is 0.223 e. The fraction of sp³-hybridized carbons (Fsp3) is 0.941. The lowest BCUT2D eigenvalue weighted by Gasteiger charge is -2.37. The Morgan fingerprint density at radius 1 is 1.10 bits per heavy atom. The van der Waals surface area contributed by atoms with Crippen LogP contribution in [-0.4, -0.2) is 18.0 Å². The summed E-state index contributed by atoms with van der Waals surface area (Å²) in [5.41, 5.74) is 6.16. The molecule has 1 amide bonds. The fourth-order valence-electron chi connectivity index (χ4n) is 4.13. The first-order chi connectivity index (χ1) is 9.49. The molecule has 0 heterocycles. The van der Waals surface area contributed by atoms with Crippen molar-refractivity contribution in [1.82, 2.24) is 5.32 Å². The molecule has 2 aliphatic rings. The van der Waals surface area contributed by atoms with Crippen LogP contribution in [0.2, 0.25) is 0 Å². The van der Waals surface area contributed by atoms with Crippen molar-refractivity contribution in [3.63, 3.8) is 0 Å². The third-order valence-electron chi connectivity index (χ3n) is 5.75. The van der Waals surface area contributed by atoms with Crippen LogP contribution in [0.4, 0.5) is 0 Å². The molecule has 3 nitrogen and oxygen atoms in total. The van der Waals surface area contributed by atoms with Crippen LogP contribution >= 0.6 is 0 Å². The zero-order valence-corrected chi connectivity index (χ0v) is 13.4. The second-order valence-electron chi connectivity index (χ2n) is 7.39. The van der Waals surface area contributed by atoms with Crippen molar-refractivity contribution >= 4 is 5.91 Å². The summed E-state index contributed by atoms with van der Waals surface area (Å²) in [6, 6.07) is 0.512. The number of carbonyl (C=O) groups excluding carboxylic acids is 1. The molecule has 0 aromatic heterocycles. The number of amides is 1. The van der Waals surface area contributed by atoms with Crippen molar-refractivity contribution < 1.29 is 4.79 Å². The van der Waals surface area contributed by atoms with E-state index in [0.717, 1.165) is 12.8 Å². The van der Waals surface area contributed by atoms with E-state index in [1.54, 1.807) is 0 Å². The van der Waals surface area contributed by atoms with Gasteiger partial charge in [-0.3, -0.25) is 4.79 Å². The van der Waals surface area contributed by atoms with Gasteiger partial charge < -0.3 is 11.1 Å². The molecule has 0 aromatic carbocycles. The first-order valence-electron chi connectivity index (χ1n) is 8.55. The van der Waals surface area contributed by atoms with E-state index in [1.807, 2.05) is 0 Å². The van der Waals surface area contributed by atoms with E-state index in [9.17, 15) is 4.79 Å². The summed E-state index contributed by atoms with van der Waals surface area (Å²) in [5, 5.41) is 3.29. The SMILES string of the molecule is CC1CC(C)C(C(=O)NC(C)C2CCCCC2)CC1N. The largest absolute Gasteiger partial charge is 0.353 e. The van der Waals surface area contributed by atoms with Gasteiger partial charge in [-0.05, 0) is 50.4 Å². The van der Waals surface area contributed by atoms with Crippen LogP contribution in [0.15, 0.2) is 0 Å². The van der Waals surface area contributed by atoms with Crippen molar-refractivity contribution in [2.75, 3.05) is 0 Å². The molecule has 2 fully saturated rings. The van der Waals surface area contributed by atoms with E-state index in [4.69, 9.17) is 5.73 Å². The Morgan fingerprint density at radius 3 is 2.40 bits per heavy atom. The third kappa shape index (κ3) is 3.75. The lowest BCUT2D eigenvalue weighted by molar-refractivity contribution is -0.129. The molecule has 3 heteroatoms. The van der Waals surface area contributed by atoms with Crippen LogP contribution in [0.5, 0.6) is 0 Å². The molecule has 3 N–H and O–H groups in total. The first kappa shape index (κ1) is 15.8.